The van der Waals surface area contributed by atoms with E-state index in [2.05, 4.69) is 12.2 Å². The number of hydrogen-bond donors (Lipinski definition) is 2. The minimum absolute atomic E-state index is 0.0633. The number of ether oxygens (including phenoxy) is 1. The normalized spacial score (nSPS) is 23.9. The first-order chi connectivity index (χ1) is 8.77. The Morgan fingerprint density at radius 2 is 2.00 bits per heavy atom. The molecule has 0 spiro atoms. The van der Waals surface area contributed by atoms with E-state index in [0.29, 0.717) is 31.4 Å². The standard InChI is InChI=1S/C14H27NO3/c1-2-8-18-9-7-14(17)15-10-12-5-3-4-6-13(12)11-16/h12-13,16H,2-11H2,1H3,(H,15,17). The van der Waals surface area contributed by atoms with Gasteiger partial charge in [-0.2, -0.15) is 0 Å². The van der Waals surface area contributed by atoms with Crippen LogP contribution in [0.2, 0.25) is 0 Å². The Bertz CT molecular complexity index is 233. The van der Waals surface area contributed by atoms with Gasteiger partial charge in [0.1, 0.15) is 0 Å². The molecule has 0 aliphatic heterocycles. The van der Waals surface area contributed by atoms with E-state index in [1.165, 1.54) is 12.8 Å². The molecule has 4 heteroatoms. The molecule has 0 radical (unpaired) electrons. The molecule has 2 atom stereocenters. The number of amides is 1. The van der Waals surface area contributed by atoms with Crippen molar-refractivity contribution in [3.05, 3.63) is 0 Å². The van der Waals surface area contributed by atoms with Crippen molar-refractivity contribution in [1.82, 2.24) is 5.32 Å². The van der Waals surface area contributed by atoms with Crippen LogP contribution in [0.4, 0.5) is 0 Å². The fourth-order valence-electron chi connectivity index (χ4n) is 2.54. The van der Waals surface area contributed by atoms with Crippen LogP contribution in [0.3, 0.4) is 0 Å². The van der Waals surface area contributed by atoms with E-state index in [0.717, 1.165) is 25.9 Å². The molecule has 1 rings (SSSR count). The predicted octanol–water partition coefficient (Wildman–Crippen LogP) is 1.72. The monoisotopic (exact) mass is 257 g/mol. The fraction of sp³-hybridized carbons (Fsp3) is 0.929. The molecule has 0 bridgehead atoms. The highest BCUT2D eigenvalue weighted by Crippen LogP contribution is 2.28. The quantitative estimate of drug-likeness (QED) is 0.651. The van der Waals surface area contributed by atoms with Gasteiger partial charge in [-0.1, -0.05) is 19.8 Å². The number of nitrogens with one attached hydrogen (secondary N) is 1. The zero-order valence-corrected chi connectivity index (χ0v) is 11.5. The predicted molar refractivity (Wildman–Crippen MR) is 71.3 cm³/mol. The summed E-state index contributed by atoms with van der Waals surface area (Å²) in [4.78, 5) is 11.6. The number of carbonyl (C=O) groups is 1. The molecule has 2 unspecified atom stereocenters. The van der Waals surface area contributed by atoms with Gasteiger partial charge in [-0.25, -0.2) is 0 Å². The topological polar surface area (TPSA) is 58.6 Å². The molecule has 0 aromatic carbocycles. The van der Waals surface area contributed by atoms with E-state index in [4.69, 9.17) is 4.74 Å². The highest BCUT2D eigenvalue weighted by molar-refractivity contribution is 5.75. The van der Waals surface area contributed by atoms with Crippen LogP contribution in [-0.2, 0) is 9.53 Å². The van der Waals surface area contributed by atoms with E-state index >= 15 is 0 Å². The van der Waals surface area contributed by atoms with E-state index in [1.807, 2.05) is 0 Å². The van der Waals surface area contributed by atoms with Crippen molar-refractivity contribution in [2.75, 3.05) is 26.4 Å². The van der Waals surface area contributed by atoms with Crippen LogP contribution < -0.4 is 5.32 Å². The van der Waals surface area contributed by atoms with Crippen LogP contribution >= 0.6 is 0 Å². The zero-order chi connectivity index (χ0) is 13.2. The first-order valence-electron chi connectivity index (χ1n) is 7.23. The Kier molecular flexibility index (Phi) is 8.01. The maximum atomic E-state index is 11.6. The van der Waals surface area contributed by atoms with Crippen molar-refractivity contribution in [1.29, 1.82) is 0 Å². The Morgan fingerprint density at radius 3 is 2.67 bits per heavy atom. The molecular weight excluding hydrogens is 230 g/mol. The lowest BCUT2D eigenvalue weighted by Gasteiger charge is -2.30. The lowest BCUT2D eigenvalue weighted by molar-refractivity contribution is -0.122. The van der Waals surface area contributed by atoms with Gasteiger partial charge in [0.15, 0.2) is 0 Å². The second-order valence-corrected chi connectivity index (χ2v) is 5.15. The third-order valence-electron chi connectivity index (χ3n) is 3.68. The van der Waals surface area contributed by atoms with Crippen molar-refractivity contribution >= 4 is 5.91 Å². The van der Waals surface area contributed by atoms with Crippen LogP contribution in [0.1, 0.15) is 45.4 Å². The highest BCUT2D eigenvalue weighted by atomic mass is 16.5. The average molecular weight is 257 g/mol. The van der Waals surface area contributed by atoms with Crippen molar-refractivity contribution in [2.24, 2.45) is 11.8 Å². The van der Waals surface area contributed by atoms with Gasteiger partial charge in [-0.15, -0.1) is 0 Å². The third kappa shape index (κ3) is 5.83. The second kappa shape index (κ2) is 9.34. The number of hydrogen-bond acceptors (Lipinski definition) is 3. The van der Waals surface area contributed by atoms with Gasteiger partial charge >= 0.3 is 0 Å². The summed E-state index contributed by atoms with van der Waals surface area (Å²) in [7, 11) is 0. The molecule has 0 saturated heterocycles. The van der Waals surface area contributed by atoms with E-state index in [9.17, 15) is 9.90 Å². The van der Waals surface area contributed by atoms with Crippen LogP contribution in [0, 0.1) is 11.8 Å². The minimum atomic E-state index is 0.0633. The Balaban J connectivity index is 2.12. The molecular formula is C14H27NO3. The van der Waals surface area contributed by atoms with Gasteiger partial charge in [0.25, 0.3) is 0 Å². The lowest BCUT2D eigenvalue weighted by atomic mass is 9.79. The van der Waals surface area contributed by atoms with Crippen molar-refractivity contribution in [3.8, 4) is 0 Å². The zero-order valence-electron chi connectivity index (χ0n) is 11.5. The Morgan fingerprint density at radius 1 is 1.28 bits per heavy atom. The summed E-state index contributed by atoms with van der Waals surface area (Å²) >= 11 is 0. The third-order valence-corrected chi connectivity index (χ3v) is 3.68. The summed E-state index contributed by atoms with van der Waals surface area (Å²) < 4.78 is 5.29. The Labute approximate surface area is 110 Å². The maximum Gasteiger partial charge on any atom is 0.222 e. The molecule has 1 saturated carbocycles. The van der Waals surface area contributed by atoms with E-state index in [1.54, 1.807) is 0 Å². The minimum Gasteiger partial charge on any atom is -0.396 e. The molecule has 106 valence electrons. The van der Waals surface area contributed by atoms with Gasteiger partial charge in [0.05, 0.1) is 6.61 Å². The second-order valence-electron chi connectivity index (χ2n) is 5.15. The molecule has 1 aliphatic carbocycles. The summed E-state index contributed by atoms with van der Waals surface area (Å²) in [5, 5.41) is 12.3. The number of aliphatic hydroxyl groups excluding tert-OH is 1. The van der Waals surface area contributed by atoms with Crippen LogP contribution in [0.5, 0.6) is 0 Å². The largest absolute Gasteiger partial charge is 0.396 e. The van der Waals surface area contributed by atoms with Crippen LogP contribution in [-0.4, -0.2) is 37.4 Å². The molecule has 0 heterocycles. The summed E-state index contributed by atoms with van der Waals surface area (Å²) in [6.07, 6.45) is 6.07. The first-order valence-corrected chi connectivity index (χ1v) is 7.23. The fourth-order valence-corrected chi connectivity index (χ4v) is 2.54. The number of carbonyl (C=O) groups excluding carboxylic acids is 1. The SMILES string of the molecule is CCCOCCC(=O)NCC1CCCCC1CO. The van der Waals surface area contributed by atoms with Gasteiger partial charge in [-0.05, 0) is 31.1 Å². The summed E-state index contributed by atoms with van der Waals surface area (Å²) in [5.41, 5.74) is 0. The van der Waals surface area contributed by atoms with E-state index < -0.39 is 0 Å². The number of aliphatic hydroxyl groups is 1. The van der Waals surface area contributed by atoms with E-state index in [-0.39, 0.29) is 12.5 Å². The summed E-state index contributed by atoms with van der Waals surface area (Å²) in [5.74, 6) is 0.882. The molecule has 4 nitrogen and oxygen atoms in total. The lowest BCUT2D eigenvalue weighted by Crippen LogP contribution is -2.35. The average Bonchev–Trinajstić information content (AvgIpc) is 2.41. The molecule has 0 aromatic rings. The number of rotatable bonds is 8. The molecule has 0 aromatic heterocycles. The van der Waals surface area contributed by atoms with Gasteiger partial charge in [-0.3, -0.25) is 4.79 Å². The van der Waals surface area contributed by atoms with Crippen molar-refractivity contribution in [3.63, 3.8) is 0 Å². The van der Waals surface area contributed by atoms with Gasteiger partial charge in [0.2, 0.25) is 5.91 Å². The Hall–Kier alpha value is -0.610. The summed E-state index contributed by atoms with van der Waals surface area (Å²) in [6.45, 7) is 4.24. The van der Waals surface area contributed by atoms with Crippen molar-refractivity contribution in [2.45, 2.75) is 45.4 Å². The van der Waals surface area contributed by atoms with Crippen LogP contribution in [0.25, 0.3) is 0 Å². The molecule has 1 fully saturated rings. The molecule has 1 aliphatic rings. The maximum absolute atomic E-state index is 11.6. The smallest absolute Gasteiger partial charge is 0.222 e. The molecule has 2 N–H and O–H groups in total. The van der Waals surface area contributed by atoms with Gasteiger partial charge < -0.3 is 15.2 Å². The molecule has 18 heavy (non-hydrogen) atoms. The first kappa shape index (κ1) is 15.4. The van der Waals surface area contributed by atoms with Crippen LogP contribution in [0.15, 0.2) is 0 Å². The summed E-state index contributed by atoms with van der Waals surface area (Å²) in [6, 6.07) is 0. The van der Waals surface area contributed by atoms with Gasteiger partial charge in [0, 0.05) is 26.2 Å². The molecule has 1 amide bonds. The highest BCUT2D eigenvalue weighted by Gasteiger charge is 2.24. The van der Waals surface area contributed by atoms with Crippen molar-refractivity contribution < 1.29 is 14.6 Å².